The van der Waals surface area contributed by atoms with E-state index in [0.717, 1.165) is 11.6 Å². The Morgan fingerprint density at radius 3 is 2.93 bits per heavy atom. The highest BCUT2D eigenvalue weighted by Crippen LogP contribution is 2.10. The van der Waals surface area contributed by atoms with E-state index < -0.39 is 0 Å². The van der Waals surface area contributed by atoms with Crippen molar-refractivity contribution < 1.29 is 9.53 Å². The lowest BCUT2D eigenvalue weighted by Crippen LogP contribution is -2.47. The zero-order chi connectivity index (χ0) is 10.6. The van der Waals surface area contributed by atoms with E-state index in [9.17, 15) is 4.79 Å². The summed E-state index contributed by atoms with van der Waals surface area (Å²) in [7, 11) is 1.65. The molecule has 1 rings (SSSR count). The molecule has 1 aliphatic heterocycles. The molecule has 1 atom stereocenters. The second-order valence-corrected chi connectivity index (χ2v) is 4.98. The molecule has 0 bridgehead atoms. The highest BCUT2D eigenvalue weighted by molar-refractivity contribution is 7.99. The summed E-state index contributed by atoms with van der Waals surface area (Å²) >= 11 is 1.75. The van der Waals surface area contributed by atoms with Gasteiger partial charge in [0.1, 0.15) is 0 Å². The molecule has 1 saturated heterocycles. The molecule has 0 saturated carbocycles. The molecular formula is C9H18N2O2S. The van der Waals surface area contributed by atoms with Crippen LogP contribution < -0.4 is 10.6 Å². The first-order valence-corrected chi connectivity index (χ1v) is 5.84. The molecule has 1 heterocycles. The highest BCUT2D eigenvalue weighted by atomic mass is 32.2. The Labute approximate surface area is 89.2 Å². The van der Waals surface area contributed by atoms with Crippen LogP contribution in [-0.2, 0) is 9.53 Å². The van der Waals surface area contributed by atoms with Crippen molar-refractivity contribution in [2.24, 2.45) is 0 Å². The van der Waals surface area contributed by atoms with Crippen molar-refractivity contribution in [2.75, 3.05) is 25.3 Å². The molecule has 1 fully saturated rings. The predicted octanol–water partition coefficient (Wildman–Crippen LogP) is 0.190. The van der Waals surface area contributed by atoms with Crippen LogP contribution in [0.3, 0.4) is 0 Å². The predicted molar refractivity (Wildman–Crippen MR) is 58.3 cm³/mol. The SMILES string of the molecule is COC(C)(C)CNC(=O)C1CSCN1. The van der Waals surface area contributed by atoms with Crippen LogP contribution >= 0.6 is 11.8 Å². The average molecular weight is 218 g/mol. The summed E-state index contributed by atoms with van der Waals surface area (Å²) in [6, 6.07) is -0.0346. The van der Waals surface area contributed by atoms with Crippen molar-refractivity contribution in [3.63, 3.8) is 0 Å². The average Bonchev–Trinajstić information content (AvgIpc) is 2.67. The van der Waals surface area contributed by atoms with Gasteiger partial charge in [-0.25, -0.2) is 0 Å². The van der Waals surface area contributed by atoms with Crippen LogP contribution in [0.15, 0.2) is 0 Å². The number of nitrogens with one attached hydrogen (secondary N) is 2. The van der Waals surface area contributed by atoms with E-state index in [-0.39, 0.29) is 17.6 Å². The van der Waals surface area contributed by atoms with Gasteiger partial charge in [-0.1, -0.05) is 0 Å². The van der Waals surface area contributed by atoms with Gasteiger partial charge in [0.05, 0.1) is 11.6 Å². The summed E-state index contributed by atoms with van der Waals surface area (Å²) in [6.45, 7) is 4.44. The molecule has 1 aliphatic rings. The molecule has 2 N–H and O–H groups in total. The molecule has 0 aromatic rings. The number of methoxy groups -OCH3 is 1. The van der Waals surface area contributed by atoms with Gasteiger partial charge in [-0.15, -0.1) is 11.8 Å². The van der Waals surface area contributed by atoms with Crippen LogP contribution in [0.4, 0.5) is 0 Å². The lowest BCUT2D eigenvalue weighted by Gasteiger charge is -2.23. The number of carbonyl (C=O) groups is 1. The van der Waals surface area contributed by atoms with Crippen LogP contribution in [0.25, 0.3) is 0 Å². The summed E-state index contributed by atoms with van der Waals surface area (Å²) in [5.74, 6) is 1.80. The maximum absolute atomic E-state index is 11.6. The summed E-state index contributed by atoms with van der Waals surface area (Å²) < 4.78 is 5.21. The van der Waals surface area contributed by atoms with Gasteiger partial charge >= 0.3 is 0 Å². The number of ether oxygens (including phenoxy) is 1. The molecule has 0 radical (unpaired) electrons. The molecule has 82 valence electrons. The molecule has 0 spiro atoms. The molecule has 4 nitrogen and oxygen atoms in total. The fraction of sp³-hybridized carbons (Fsp3) is 0.889. The molecule has 1 amide bonds. The van der Waals surface area contributed by atoms with Crippen molar-refractivity contribution in [3.05, 3.63) is 0 Å². The monoisotopic (exact) mass is 218 g/mol. The second-order valence-electron chi connectivity index (χ2n) is 3.95. The Morgan fingerprint density at radius 2 is 2.43 bits per heavy atom. The fourth-order valence-corrected chi connectivity index (χ4v) is 2.00. The minimum Gasteiger partial charge on any atom is -0.377 e. The van der Waals surface area contributed by atoms with Crippen LogP contribution in [-0.4, -0.2) is 42.8 Å². The molecule has 0 aromatic heterocycles. The zero-order valence-corrected chi connectivity index (χ0v) is 9.74. The molecule has 0 aliphatic carbocycles. The Hall–Kier alpha value is -0.260. The summed E-state index contributed by atoms with van der Waals surface area (Å²) in [4.78, 5) is 11.6. The van der Waals surface area contributed by atoms with Crippen molar-refractivity contribution >= 4 is 17.7 Å². The Morgan fingerprint density at radius 1 is 1.71 bits per heavy atom. The number of thioether (sulfide) groups is 1. The van der Waals surface area contributed by atoms with Crippen LogP contribution in [0.1, 0.15) is 13.8 Å². The van der Waals surface area contributed by atoms with Crippen molar-refractivity contribution in [2.45, 2.75) is 25.5 Å². The zero-order valence-electron chi connectivity index (χ0n) is 8.92. The van der Waals surface area contributed by atoms with Crippen LogP contribution in [0.5, 0.6) is 0 Å². The van der Waals surface area contributed by atoms with Gasteiger partial charge in [-0.3, -0.25) is 10.1 Å². The Balaban J connectivity index is 2.27. The van der Waals surface area contributed by atoms with Gasteiger partial charge in [-0.05, 0) is 13.8 Å². The standard InChI is InChI=1S/C9H18N2O2S/c1-9(2,13-3)5-10-8(12)7-4-14-6-11-7/h7,11H,4-6H2,1-3H3,(H,10,12). The van der Waals surface area contributed by atoms with E-state index in [1.54, 1.807) is 18.9 Å². The van der Waals surface area contributed by atoms with Crippen LogP contribution in [0, 0.1) is 0 Å². The number of hydrogen-bond acceptors (Lipinski definition) is 4. The van der Waals surface area contributed by atoms with E-state index in [2.05, 4.69) is 10.6 Å². The number of carbonyl (C=O) groups excluding carboxylic acids is 1. The third-order valence-electron chi connectivity index (χ3n) is 2.27. The number of rotatable bonds is 4. The molecule has 14 heavy (non-hydrogen) atoms. The van der Waals surface area contributed by atoms with E-state index in [1.165, 1.54) is 0 Å². The van der Waals surface area contributed by atoms with Gasteiger partial charge in [0, 0.05) is 25.3 Å². The number of hydrogen-bond donors (Lipinski definition) is 2. The van der Waals surface area contributed by atoms with E-state index in [1.807, 2.05) is 13.8 Å². The molecular weight excluding hydrogens is 200 g/mol. The molecule has 1 unspecified atom stereocenters. The lowest BCUT2D eigenvalue weighted by atomic mass is 10.1. The maximum Gasteiger partial charge on any atom is 0.238 e. The van der Waals surface area contributed by atoms with Crippen molar-refractivity contribution in [1.29, 1.82) is 0 Å². The van der Waals surface area contributed by atoms with E-state index in [0.29, 0.717) is 6.54 Å². The minimum absolute atomic E-state index is 0.0346. The van der Waals surface area contributed by atoms with Crippen molar-refractivity contribution in [3.8, 4) is 0 Å². The highest BCUT2D eigenvalue weighted by Gasteiger charge is 2.24. The lowest BCUT2D eigenvalue weighted by molar-refractivity contribution is -0.123. The Bertz CT molecular complexity index is 203. The molecule has 0 aromatic carbocycles. The fourth-order valence-electron chi connectivity index (χ4n) is 1.06. The number of amides is 1. The summed E-state index contributed by atoms with van der Waals surface area (Å²) in [5.41, 5.74) is -0.290. The third-order valence-corrected chi connectivity index (χ3v) is 3.21. The van der Waals surface area contributed by atoms with E-state index in [4.69, 9.17) is 4.74 Å². The largest absolute Gasteiger partial charge is 0.377 e. The molecule has 5 heteroatoms. The first-order chi connectivity index (χ1) is 6.55. The quantitative estimate of drug-likeness (QED) is 0.707. The maximum atomic E-state index is 11.6. The van der Waals surface area contributed by atoms with Gasteiger partial charge < -0.3 is 10.1 Å². The smallest absolute Gasteiger partial charge is 0.238 e. The van der Waals surface area contributed by atoms with Crippen molar-refractivity contribution in [1.82, 2.24) is 10.6 Å². The normalized spacial score (nSPS) is 22.4. The third kappa shape index (κ3) is 3.48. The second kappa shape index (κ2) is 5.00. The first kappa shape index (κ1) is 11.8. The van der Waals surface area contributed by atoms with Crippen LogP contribution in [0.2, 0.25) is 0 Å². The first-order valence-electron chi connectivity index (χ1n) is 4.69. The topological polar surface area (TPSA) is 50.4 Å². The summed E-state index contributed by atoms with van der Waals surface area (Å²) in [6.07, 6.45) is 0. The van der Waals surface area contributed by atoms with Gasteiger partial charge in [-0.2, -0.15) is 0 Å². The van der Waals surface area contributed by atoms with Gasteiger partial charge in [0.25, 0.3) is 0 Å². The van der Waals surface area contributed by atoms with E-state index >= 15 is 0 Å². The van der Waals surface area contributed by atoms with Gasteiger partial charge in [0.15, 0.2) is 0 Å². The van der Waals surface area contributed by atoms with Gasteiger partial charge in [0.2, 0.25) is 5.91 Å². The minimum atomic E-state index is -0.290. The Kier molecular flexibility index (Phi) is 4.22. The summed E-state index contributed by atoms with van der Waals surface area (Å²) in [5, 5.41) is 6.00.